The van der Waals surface area contributed by atoms with Gasteiger partial charge in [-0.1, -0.05) is 17.7 Å². The summed E-state index contributed by atoms with van der Waals surface area (Å²) in [5.41, 5.74) is 0.402. The normalized spacial score (nSPS) is 10.3. The minimum absolute atomic E-state index is 0.0931. The number of ether oxygens (including phenoxy) is 1. The second-order valence-electron chi connectivity index (χ2n) is 3.32. The predicted octanol–water partition coefficient (Wildman–Crippen LogP) is 4.22. The van der Waals surface area contributed by atoms with Gasteiger partial charge in [0.2, 0.25) is 5.88 Å². The van der Waals surface area contributed by atoms with Crippen molar-refractivity contribution in [2.45, 2.75) is 6.61 Å². The molecule has 0 aliphatic heterocycles. The SMILES string of the molecule is Fc1ccc(Cl)cc1COc1cccc(Br)n1. The fraction of sp³-hybridized carbons (Fsp3) is 0.0833. The Bertz CT molecular complexity index is 536. The Morgan fingerprint density at radius 3 is 2.88 bits per heavy atom. The monoisotopic (exact) mass is 315 g/mol. The van der Waals surface area contributed by atoms with Crippen molar-refractivity contribution < 1.29 is 9.13 Å². The number of hydrogen-bond donors (Lipinski definition) is 0. The molecule has 0 saturated carbocycles. The van der Waals surface area contributed by atoms with Gasteiger partial charge in [0.1, 0.15) is 17.0 Å². The first-order chi connectivity index (χ1) is 8.15. The van der Waals surface area contributed by atoms with Crippen molar-refractivity contribution in [1.29, 1.82) is 0 Å². The summed E-state index contributed by atoms with van der Waals surface area (Å²) in [5, 5.41) is 0.479. The van der Waals surface area contributed by atoms with Crippen LogP contribution in [0.25, 0.3) is 0 Å². The number of pyridine rings is 1. The molecule has 0 spiro atoms. The minimum atomic E-state index is -0.343. The van der Waals surface area contributed by atoms with E-state index in [-0.39, 0.29) is 12.4 Å². The highest BCUT2D eigenvalue weighted by atomic mass is 79.9. The van der Waals surface area contributed by atoms with E-state index < -0.39 is 0 Å². The van der Waals surface area contributed by atoms with E-state index in [1.165, 1.54) is 18.2 Å². The molecule has 0 aliphatic rings. The van der Waals surface area contributed by atoms with Gasteiger partial charge < -0.3 is 4.74 Å². The van der Waals surface area contributed by atoms with Crippen LogP contribution in [0.15, 0.2) is 41.0 Å². The number of halogens is 3. The quantitative estimate of drug-likeness (QED) is 0.791. The smallest absolute Gasteiger partial charge is 0.214 e. The van der Waals surface area contributed by atoms with Gasteiger partial charge >= 0.3 is 0 Å². The van der Waals surface area contributed by atoms with Gasteiger partial charge in [0.05, 0.1) is 0 Å². The van der Waals surface area contributed by atoms with Crippen LogP contribution in [-0.2, 0) is 6.61 Å². The molecule has 0 fully saturated rings. The summed E-state index contributed by atoms with van der Waals surface area (Å²) in [6.45, 7) is 0.0931. The summed E-state index contributed by atoms with van der Waals surface area (Å²) in [5.74, 6) is 0.0862. The fourth-order valence-corrected chi connectivity index (χ4v) is 1.80. The molecule has 0 aliphatic carbocycles. The maximum Gasteiger partial charge on any atom is 0.214 e. The summed E-state index contributed by atoms with van der Waals surface area (Å²) >= 11 is 9.01. The van der Waals surface area contributed by atoms with Crippen molar-refractivity contribution >= 4 is 27.5 Å². The average Bonchev–Trinajstić information content (AvgIpc) is 2.30. The van der Waals surface area contributed by atoms with Crippen LogP contribution in [0.3, 0.4) is 0 Å². The van der Waals surface area contributed by atoms with Crippen LogP contribution in [0, 0.1) is 5.82 Å². The summed E-state index contributed by atoms with van der Waals surface area (Å²) < 4.78 is 19.4. The molecule has 1 heterocycles. The molecule has 0 radical (unpaired) electrons. The van der Waals surface area contributed by atoms with Crippen molar-refractivity contribution in [2.24, 2.45) is 0 Å². The highest BCUT2D eigenvalue weighted by molar-refractivity contribution is 9.10. The maximum atomic E-state index is 13.4. The zero-order valence-corrected chi connectivity index (χ0v) is 11.0. The number of hydrogen-bond acceptors (Lipinski definition) is 2. The van der Waals surface area contributed by atoms with Gasteiger partial charge in [0.25, 0.3) is 0 Å². The highest BCUT2D eigenvalue weighted by Crippen LogP contribution is 2.18. The van der Waals surface area contributed by atoms with Crippen molar-refractivity contribution in [2.75, 3.05) is 0 Å². The fourth-order valence-electron chi connectivity index (χ4n) is 1.28. The summed E-state index contributed by atoms with van der Waals surface area (Å²) in [7, 11) is 0. The molecule has 88 valence electrons. The standard InChI is InChI=1S/C12H8BrClFNO/c13-11-2-1-3-12(16-11)17-7-8-6-9(14)4-5-10(8)15/h1-6H,7H2. The Labute approximate surface area is 112 Å². The topological polar surface area (TPSA) is 22.1 Å². The van der Waals surface area contributed by atoms with Crippen LogP contribution in [0.2, 0.25) is 5.02 Å². The Morgan fingerprint density at radius 1 is 1.29 bits per heavy atom. The molecule has 17 heavy (non-hydrogen) atoms. The Balaban J connectivity index is 2.09. The van der Waals surface area contributed by atoms with Crippen LogP contribution in [-0.4, -0.2) is 4.98 Å². The lowest BCUT2D eigenvalue weighted by molar-refractivity contribution is 0.287. The van der Waals surface area contributed by atoms with E-state index in [1.54, 1.807) is 18.2 Å². The lowest BCUT2D eigenvalue weighted by Crippen LogP contribution is -1.99. The molecule has 0 unspecified atom stereocenters. The molecule has 5 heteroatoms. The second kappa shape index (κ2) is 5.47. The molecule has 2 aromatic rings. The molecule has 1 aromatic heterocycles. The van der Waals surface area contributed by atoms with Gasteiger partial charge in [0, 0.05) is 16.7 Å². The van der Waals surface area contributed by atoms with E-state index in [9.17, 15) is 4.39 Å². The van der Waals surface area contributed by atoms with Crippen molar-refractivity contribution in [3.63, 3.8) is 0 Å². The molecule has 0 N–H and O–H groups in total. The first kappa shape index (κ1) is 12.3. The molecule has 0 bridgehead atoms. The van der Waals surface area contributed by atoms with Crippen LogP contribution < -0.4 is 4.74 Å². The van der Waals surface area contributed by atoms with Gasteiger partial charge in [-0.15, -0.1) is 0 Å². The average molecular weight is 317 g/mol. The first-order valence-electron chi connectivity index (χ1n) is 4.84. The van der Waals surface area contributed by atoms with Crippen LogP contribution in [0.5, 0.6) is 5.88 Å². The van der Waals surface area contributed by atoms with E-state index in [2.05, 4.69) is 20.9 Å². The van der Waals surface area contributed by atoms with Crippen LogP contribution in [0.1, 0.15) is 5.56 Å². The van der Waals surface area contributed by atoms with Crippen LogP contribution >= 0.6 is 27.5 Å². The Morgan fingerprint density at radius 2 is 2.12 bits per heavy atom. The van der Waals surface area contributed by atoms with Crippen molar-refractivity contribution in [3.8, 4) is 5.88 Å². The van der Waals surface area contributed by atoms with Crippen LogP contribution in [0.4, 0.5) is 4.39 Å². The predicted molar refractivity (Wildman–Crippen MR) is 67.7 cm³/mol. The third kappa shape index (κ3) is 3.41. The Hall–Kier alpha value is -1.13. The summed E-state index contributed by atoms with van der Waals surface area (Å²) in [6.07, 6.45) is 0. The third-order valence-corrected chi connectivity index (χ3v) is 2.75. The van der Waals surface area contributed by atoms with E-state index in [0.29, 0.717) is 21.1 Å². The molecule has 0 saturated heterocycles. The highest BCUT2D eigenvalue weighted by Gasteiger charge is 2.04. The maximum absolute atomic E-state index is 13.4. The van der Waals surface area contributed by atoms with E-state index in [0.717, 1.165) is 0 Å². The van der Waals surface area contributed by atoms with Gasteiger partial charge in [-0.05, 0) is 40.2 Å². The molecule has 2 nitrogen and oxygen atoms in total. The molecular weight excluding hydrogens is 308 g/mol. The zero-order valence-electron chi connectivity index (χ0n) is 8.66. The molecule has 0 atom stereocenters. The lowest BCUT2D eigenvalue weighted by atomic mass is 10.2. The number of rotatable bonds is 3. The number of nitrogens with zero attached hydrogens (tertiary/aromatic N) is 1. The number of aromatic nitrogens is 1. The van der Waals surface area contributed by atoms with Gasteiger partial charge in [0.15, 0.2) is 0 Å². The largest absolute Gasteiger partial charge is 0.473 e. The molecule has 1 aromatic carbocycles. The minimum Gasteiger partial charge on any atom is -0.473 e. The molecule has 0 amide bonds. The zero-order chi connectivity index (χ0) is 12.3. The second-order valence-corrected chi connectivity index (χ2v) is 4.57. The van der Waals surface area contributed by atoms with Crippen molar-refractivity contribution in [3.05, 3.63) is 57.4 Å². The van der Waals surface area contributed by atoms with Gasteiger partial charge in [-0.3, -0.25) is 0 Å². The van der Waals surface area contributed by atoms with Gasteiger partial charge in [-0.2, -0.15) is 0 Å². The van der Waals surface area contributed by atoms with E-state index in [1.807, 2.05) is 0 Å². The van der Waals surface area contributed by atoms with Gasteiger partial charge in [-0.25, -0.2) is 9.37 Å². The Kier molecular flexibility index (Phi) is 3.97. The summed E-state index contributed by atoms with van der Waals surface area (Å²) in [4.78, 5) is 4.08. The van der Waals surface area contributed by atoms with E-state index in [4.69, 9.17) is 16.3 Å². The lowest BCUT2D eigenvalue weighted by Gasteiger charge is -2.06. The van der Waals surface area contributed by atoms with E-state index >= 15 is 0 Å². The summed E-state index contributed by atoms with van der Waals surface area (Å²) in [6, 6.07) is 9.63. The number of benzene rings is 1. The molecular formula is C12H8BrClFNO. The van der Waals surface area contributed by atoms with Crippen molar-refractivity contribution in [1.82, 2.24) is 4.98 Å². The first-order valence-corrected chi connectivity index (χ1v) is 6.01. The molecule has 2 rings (SSSR count). The third-order valence-electron chi connectivity index (χ3n) is 2.07.